The topological polar surface area (TPSA) is 76.0 Å². The van der Waals surface area contributed by atoms with E-state index in [9.17, 15) is 14.0 Å². The summed E-state index contributed by atoms with van der Waals surface area (Å²) in [4.78, 5) is 27.3. The Morgan fingerprint density at radius 3 is 2.96 bits per heavy atom. The van der Waals surface area contributed by atoms with Crippen molar-refractivity contribution in [2.24, 2.45) is 0 Å². The fourth-order valence-corrected chi connectivity index (χ4v) is 2.57. The van der Waals surface area contributed by atoms with E-state index in [1.807, 2.05) is 6.92 Å². The van der Waals surface area contributed by atoms with E-state index >= 15 is 0 Å². The number of urea groups is 1. The van der Waals surface area contributed by atoms with Gasteiger partial charge in [0.25, 0.3) is 0 Å². The van der Waals surface area contributed by atoms with Crippen LogP contribution in [0.4, 0.5) is 9.18 Å². The lowest BCUT2D eigenvalue weighted by Gasteiger charge is -2.08. The number of hydrogen-bond acceptors (Lipinski definition) is 4. The van der Waals surface area contributed by atoms with Crippen LogP contribution in [0.25, 0.3) is 5.69 Å². The van der Waals surface area contributed by atoms with Gasteiger partial charge in [-0.05, 0) is 24.6 Å². The molecule has 122 valence electrons. The predicted molar refractivity (Wildman–Crippen MR) is 86.1 cm³/mol. The summed E-state index contributed by atoms with van der Waals surface area (Å²) in [5.41, 5.74) is 0.617. The molecule has 1 aromatic heterocycles. The van der Waals surface area contributed by atoms with Gasteiger partial charge in [-0.2, -0.15) is 0 Å². The average Bonchev–Trinajstić information content (AvgIpc) is 2.99. The zero-order valence-electron chi connectivity index (χ0n) is 12.6. The SMILES string of the molecule is CCCNC(=O)NC(=O)CSc1nccn1-c1cccc(F)c1. The molecule has 0 atom stereocenters. The van der Waals surface area contributed by atoms with Gasteiger partial charge in [0.15, 0.2) is 5.16 Å². The highest BCUT2D eigenvalue weighted by Gasteiger charge is 2.11. The monoisotopic (exact) mass is 336 g/mol. The third-order valence-electron chi connectivity index (χ3n) is 2.81. The molecule has 6 nitrogen and oxygen atoms in total. The first-order valence-corrected chi connectivity index (χ1v) is 8.08. The lowest BCUT2D eigenvalue weighted by molar-refractivity contribution is -0.117. The number of rotatable bonds is 6. The minimum atomic E-state index is -0.508. The second-order valence-corrected chi connectivity index (χ2v) is 5.59. The van der Waals surface area contributed by atoms with E-state index in [-0.39, 0.29) is 11.6 Å². The molecule has 2 aromatic rings. The molecule has 1 heterocycles. The van der Waals surface area contributed by atoms with Crippen LogP contribution in [0.3, 0.4) is 0 Å². The molecular formula is C15H17FN4O2S. The van der Waals surface area contributed by atoms with Crippen molar-refractivity contribution in [2.45, 2.75) is 18.5 Å². The Hall–Kier alpha value is -2.35. The summed E-state index contributed by atoms with van der Waals surface area (Å²) in [6.07, 6.45) is 4.05. The van der Waals surface area contributed by atoms with Crippen LogP contribution >= 0.6 is 11.8 Å². The van der Waals surface area contributed by atoms with Gasteiger partial charge in [-0.1, -0.05) is 24.8 Å². The van der Waals surface area contributed by atoms with Gasteiger partial charge >= 0.3 is 6.03 Å². The maximum Gasteiger partial charge on any atom is 0.321 e. The highest BCUT2D eigenvalue weighted by Crippen LogP contribution is 2.20. The third kappa shape index (κ3) is 5.10. The van der Waals surface area contributed by atoms with Crippen LogP contribution in [0, 0.1) is 5.82 Å². The quantitative estimate of drug-likeness (QED) is 0.794. The van der Waals surface area contributed by atoms with Gasteiger partial charge in [-0.25, -0.2) is 14.2 Å². The van der Waals surface area contributed by atoms with Crippen molar-refractivity contribution in [2.75, 3.05) is 12.3 Å². The van der Waals surface area contributed by atoms with Gasteiger partial charge in [-0.3, -0.25) is 14.7 Å². The normalized spacial score (nSPS) is 10.3. The van der Waals surface area contributed by atoms with Crippen molar-refractivity contribution in [3.8, 4) is 5.69 Å². The van der Waals surface area contributed by atoms with Gasteiger partial charge in [-0.15, -0.1) is 0 Å². The van der Waals surface area contributed by atoms with Crippen molar-refractivity contribution in [3.63, 3.8) is 0 Å². The van der Waals surface area contributed by atoms with E-state index in [2.05, 4.69) is 15.6 Å². The number of imidazole rings is 1. The second kappa shape index (κ2) is 8.33. The number of thioether (sulfide) groups is 1. The van der Waals surface area contributed by atoms with E-state index < -0.39 is 11.9 Å². The third-order valence-corrected chi connectivity index (χ3v) is 3.78. The summed E-state index contributed by atoms with van der Waals surface area (Å²) in [7, 11) is 0. The first kappa shape index (κ1) is 17.0. The summed E-state index contributed by atoms with van der Waals surface area (Å²) >= 11 is 1.17. The minimum Gasteiger partial charge on any atom is -0.338 e. The Morgan fingerprint density at radius 1 is 1.39 bits per heavy atom. The van der Waals surface area contributed by atoms with Crippen LogP contribution < -0.4 is 10.6 Å². The number of halogens is 1. The molecule has 0 bridgehead atoms. The zero-order chi connectivity index (χ0) is 16.7. The lowest BCUT2D eigenvalue weighted by atomic mass is 10.3. The Balaban J connectivity index is 1.93. The molecule has 8 heteroatoms. The van der Waals surface area contributed by atoms with Gasteiger partial charge in [0.05, 0.1) is 11.4 Å². The fraction of sp³-hybridized carbons (Fsp3) is 0.267. The number of aromatic nitrogens is 2. The van der Waals surface area contributed by atoms with Crippen LogP contribution in [0.2, 0.25) is 0 Å². The molecule has 0 saturated heterocycles. The molecule has 0 spiro atoms. The summed E-state index contributed by atoms with van der Waals surface area (Å²) in [6, 6.07) is 5.57. The van der Waals surface area contributed by atoms with Gasteiger partial charge in [0.2, 0.25) is 5.91 Å². The molecule has 1 aromatic carbocycles. The Labute approximate surface area is 137 Å². The van der Waals surface area contributed by atoms with Crippen LogP contribution in [-0.2, 0) is 4.79 Å². The van der Waals surface area contributed by atoms with E-state index in [0.29, 0.717) is 17.4 Å². The molecular weight excluding hydrogens is 319 g/mol. The number of amides is 3. The molecule has 0 aliphatic heterocycles. The van der Waals surface area contributed by atoms with E-state index in [0.717, 1.165) is 6.42 Å². The first-order valence-electron chi connectivity index (χ1n) is 7.10. The molecule has 2 rings (SSSR count). The second-order valence-electron chi connectivity index (χ2n) is 4.65. The number of benzene rings is 1. The summed E-state index contributed by atoms with van der Waals surface area (Å²) in [5.74, 6) is -0.735. The molecule has 23 heavy (non-hydrogen) atoms. The molecule has 3 amide bonds. The van der Waals surface area contributed by atoms with E-state index in [1.54, 1.807) is 29.1 Å². The fourth-order valence-electron chi connectivity index (χ4n) is 1.79. The van der Waals surface area contributed by atoms with Crippen molar-refractivity contribution >= 4 is 23.7 Å². The van der Waals surface area contributed by atoms with Crippen molar-refractivity contribution in [3.05, 3.63) is 42.5 Å². The van der Waals surface area contributed by atoms with Crippen LogP contribution in [0.5, 0.6) is 0 Å². The largest absolute Gasteiger partial charge is 0.338 e. The number of carbonyl (C=O) groups is 2. The minimum absolute atomic E-state index is 0.0336. The average molecular weight is 336 g/mol. The Morgan fingerprint density at radius 2 is 2.22 bits per heavy atom. The van der Waals surface area contributed by atoms with Crippen molar-refractivity contribution in [1.29, 1.82) is 0 Å². The molecule has 0 aliphatic rings. The standard InChI is InChI=1S/C15H17FN4O2S/c1-2-6-17-14(22)19-13(21)10-23-15-18-7-8-20(15)12-5-3-4-11(16)9-12/h3-5,7-9H,2,6,10H2,1H3,(H2,17,19,21,22). The van der Waals surface area contributed by atoms with Crippen LogP contribution in [0.15, 0.2) is 41.8 Å². The highest BCUT2D eigenvalue weighted by atomic mass is 32.2. The maximum absolute atomic E-state index is 13.3. The molecule has 0 unspecified atom stereocenters. The summed E-state index contributed by atoms with van der Waals surface area (Å²) < 4.78 is 15.0. The first-order chi connectivity index (χ1) is 11.1. The lowest BCUT2D eigenvalue weighted by Crippen LogP contribution is -2.40. The van der Waals surface area contributed by atoms with E-state index in [1.165, 1.54) is 23.9 Å². The number of carbonyl (C=O) groups excluding carboxylic acids is 2. The molecule has 0 saturated carbocycles. The van der Waals surface area contributed by atoms with Gasteiger partial charge in [0.1, 0.15) is 5.82 Å². The Bertz CT molecular complexity index is 690. The van der Waals surface area contributed by atoms with Crippen molar-refractivity contribution < 1.29 is 14.0 Å². The molecule has 0 radical (unpaired) electrons. The van der Waals surface area contributed by atoms with Crippen molar-refractivity contribution in [1.82, 2.24) is 20.2 Å². The molecule has 2 N–H and O–H groups in total. The number of imide groups is 1. The van der Waals surface area contributed by atoms with Gasteiger partial charge < -0.3 is 5.32 Å². The Kier molecular flexibility index (Phi) is 6.16. The summed E-state index contributed by atoms with van der Waals surface area (Å²) in [6.45, 7) is 2.43. The van der Waals surface area contributed by atoms with Gasteiger partial charge in [0, 0.05) is 18.9 Å². The smallest absolute Gasteiger partial charge is 0.321 e. The zero-order valence-corrected chi connectivity index (χ0v) is 13.4. The summed E-state index contributed by atoms with van der Waals surface area (Å²) in [5, 5.41) is 5.34. The van der Waals surface area contributed by atoms with Crippen LogP contribution in [-0.4, -0.2) is 33.8 Å². The highest BCUT2D eigenvalue weighted by molar-refractivity contribution is 7.99. The van der Waals surface area contributed by atoms with E-state index in [4.69, 9.17) is 0 Å². The maximum atomic E-state index is 13.3. The van der Waals surface area contributed by atoms with Crippen LogP contribution in [0.1, 0.15) is 13.3 Å². The number of hydrogen-bond donors (Lipinski definition) is 2. The number of nitrogens with one attached hydrogen (secondary N) is 2. The predicted octanol–water partition coefficient (Wildman–Crippen LogP) is 2.34. The molecule has 0 aliphatic carbocycles. The number of nitrogens with zero attached hydrogens (tertiary/aromatic N) is 2. The molecule has 0 fully saturated rings.